The minimum absolute atomic E-state index is 0.0262. The van der Waals surface area contributed by atoms with E-state index >= 15 is 0 Å². The van der Waals surface area contributed by atoms with Gasteiger partial charge in [-0.3, -0.25) is 41.5 Å². The number of aryl methyl sites for hydroxylation is 2. The Kier molecular flexibility index (Phi) is 17.0. The summed E-state index contributed by atoms with van der Waals surface area (Å²) < 4.78 is 16.6. The molecule has 5 aliphatic carbocycles. The Bertz CT molecular complexity index is 6520. The molecule has 0 unspecified atom stereocenters. The van der Waals surface area contributed by atoms with Crippen molar-refractivity contribution in [1.82, 2.24) is 127 Å². The number of fused-ring (bicyclic) bond motifs is 8. The van der Waals surface area contributed by atoms with Crippen LogP contribution in [0.1, 0.15) is 157 Å². The molecule has 5 aliphatic rings. The number of nitrogens with one attached hydrogen (secondary N) is 4. The van der Waals surface area contributed by atoms with Gasteiger partial charge in [-0.2, -0.15) is 25.5 Å². The highest BCUT2D eigenvalue weighted by Gasteiger charge is 2.52. The molecule has 22 rings (SSSR count). The van der Waals surface area contributed by atoms with E-state index in [0.717, 1.165) is 150 Å². The van der Waals surface area contributed by atoms with E-state index in [4.69, 9.17) is 20.4 Å². The maximum atomic E-state index is 12.1. The van der Waals surface area contributed by atoms with E-state index in [9.17, 15) is 19.2 Å². The Morgan fingerprint density at radius 3 is 1.17 bits per heavy atom. The molecule has 5 saturated carbocycles. The van der Waals surface area contributed by atoms with Gasteiger partial charge >= 0.3 is 0 Å². The van der Waals surface area contributed by atoms with E-state index in [-0.39, 0.29) is 52.7 Å². The third-order valence-corrected chi connectivity index (χ3v) is 22.0. The van der Waals surface area contributed by atoms with Crippen molar-refractivity contribution < 1.29 is 19.2 Å². The number of pyridine rings is 4. The predicted molar refractivity (Wildman–Crippen MR) is 423 cm³/mol. The minimum Gasteiger partial charge on any atom is -0.309 e. The van der Waals surface area contributed by atoms with Crippen molar-refractivity contribution in [2.45, 2.75) is 134 Å². The lowest BCUT2D eigenvalue weighted by Crippen LogP contribution is -2.25. The van der Waals surface area contributed by atoms with E-state index in [0.29, 0.717) is 45.9 Å². The van der Waals surface area contributed by atoms with E-state index in [2.05, 4.69) is 129 Å². The largest absolute Gasteiger partial charge is 0.309 e. The smallest absolute Gasteiger partial charge is 0.228 e. The Morgan fingerprint density at radius 2 is 0.748 bits per heavy atom. The monoisotopic (exact) mass is 1540 g/mol. The summed E-state index contributed by atoms with van der Waals surface area (Å²) in [5, 5.41) is 69.8. The second-order valence-electron chi connectivity index (χ2n) is 32.0. The molecule has 0 bridgehead atoms. The summed E-state index contributed by atoms with van der Waals surface area (Å²) in [6, 6.07) is 35.2. The molecule has 17 aromatic rings. The van der Waals surface area contributed by atoms with Gasteiger partial charge in [-0.05, 0) is 209 Å². The van der Waals surface area contributed by atoms with Crippen molar-refractivity contribution in [3.8, 4) is 11.1 Å². The van der Waals surface area contributed by atoms with Crippen LogP contribution in [-0.4, -0.2) is 150 Å². The van der Waals surface area contributed by atoms with Crippen molar-refractivity contribution in [1.29, 1.82) is 0 Å². The standard InChI is InChI=1S/C23H23N9O.C20H21N7O.C19H17N7O.C19H19N7O/c1-23(2,17-7-9-19-25-18(13-32(19)29-17)26-21(33)14-4-5-14)22-28-27-20-8-6-15(12-31(20)22)16-10-24-30(3)11-16;1-12-4-8-17-23-24-19(26(17)10-12)20(2,3)14-7-9-16-21-15(11-27(16)25-14)22-18(28)13-5-6-13;27-17(12-4-5-12)21-14-11-26-15(20-14)7-6-13(24-26)19(8-9-19)18-23-22-16-3-1-2-10-25(16)18;1-19(2,18-23-22-16-5-3-4-10-25(16)18)13-8-9-15-20-14(11-26(15)24-13)21-17(27)12-6-7-12/h6-14H,4-5H2,1-3H3,(H,26,33);4,7-11,13H,5-6H2,1-3H3,(H,22,28);1-3,6-7,10-12H,4-5,8-9H2,(H,21,27);3-5,8-12H,6-7H2,1-2H3,(H,21,27). The number of carbonyl (C=O) groups is 4. The fourth-order valence-corrected chi connectivity index (χ4v) is 14.3. The van der Waals surface area contributed by atoms with Crippen LogP contribution in [0.25, 0.3) is 56.3 Å². The van der Waals surface area contributed by atoms with Gasteiger partial charge in [-0.15, -0.1) is 40.8 Å². The summed E-state index contributed by atoms with van der Waals surface area (Å²) in [4.78, 5) is 65.8. The summed E-state index contributed by atoms with van der Waals surface area (Å²) in [5.74, 6) is 6.15. The van der Waals surface area contributed by atoms with Crippen LogP contribution in [-0.2, 0) is 47.9 Å². The summed E-state index contributed by atoms with van der Waals surface area (Å²) in [5.41, 5.74) is 10.9. The molecule has 0 aromatic carbocycles. The lowest BCUT2D eigenvalue weighted by molar-refractivity contribution is -0.118. The molecule has 0 saturated heterocycles. The quantitative estimate of drug-likeness (QED) is 0.0658. The molecule has 17 heterocycles. The molecule has 4 N–H and O–H groups in total. The molecular weight excluding hydrogens is 1460 g/mol. The lowest BCUT2D eigenvalue weighted by atomic mass is 9.88. The Balaban J connectivity index is 0.000000103. The molecular formula is C81H80N30O4. The number of hydrogen-bond donors (Lipinski definition) is 4. The first-order valence-electron chi connectivity index (χ1n) is 38.5. The maximum absolute atomic E-state index is 12.1. The van der Waals surface area contributed by atoms with Crippen molar-refractivity contribution in [3.05, 3.63) is 223 Å². The number of aromatic nitrogens is 26. The van der Waals surface area contributed by atoms with Crippen LogP contribution in [0.5, 0.6) is 0 Å². The summed E-state index contributed by atoms with van der Waals surface area (Å²) in [6.45, 7) is 14.5. The summed E-state index contributed by atoms with van der Waals surface area (Å²) >= 11 is 0. The molecule has 578 valence electrons. The average molecular weight is 1540 g/mol. The normalized spacial score (nSPS) is 15.4. The number of nitrogens with zero attached hydrogens (tertiary/aromatic N) is 26. The highest BCUT2D eigenvalue weighted by atomic mass is 16.2. The van der Waals surface area contributed by atoms with Crippen LogP contribution < -0.4 is 21.3 Å². The third-order valence-electron chi connectivity index (χ3n) is 22.0. The van der Waals surface area contributed by atoms with E-state index in [1.165, 1.54) is 0 Å². The molecule has 0 atom stereocenters. The average Bonchev–Trinajstić information content (AvgIpc) is 1.56. The Morgan fingerprint density at radius 1 is 0.374 bits per heavy atom. The van der Waals surface area contributed by atoms with Gasteiger partial charge in [-0.1, -0.05) is 18.2 Å². The van der Waals surface area contributed by atoms with Crippen LogP contribution >= 0.6 is 0 Å². The number of rotatable bonds is 17. The lowest BCUT2D eigenvalue weighted by Gasteiger charge is -2.22. The van der Waals surface area contributed by atoms with Crippen molar-refractivity contribution in [2.75, 3.05) is 21.3 Å². The SMILES string of the molecule is CC(C)(c1ccc2nc(NC(=O)C3CC3)cn2n1)c1nnc2ccccn12.Cc1ccc2nnc(C(C)(C)c3ccc4nc(NC(=O)C5CC5)cn4n3)n2c1.Cn1cc(-c2ccc3nnc(C(C)(C)c4ccc5nc(NC(=O)C6CC6)cn5n4)n3c2)cn1.O=C(Nc1cn2nc(C3(c4nnc5ccccn45)CC3)ccc2n1)C1CC1. The summed E-state index contributed by atoms with van der Waals surface area (Å²) in [7, 11) is 1.90. The number of hydrogen-bond acceptors (Lipinski definition) is 21. The molecule has 0 aliphatic heterocycles. The highest BCUT2D eigenvalue weighted by Crippen LogP contribution is 2.52. The van der Waals surface area contributed by atoms with Crippen LogP contribution in [0.15, 0.2) is 171 Å². The van der Waals surface area contributed by atoms with Crippen molar-refractivity contribution in [2.24, 2.45) is 30.7 Å². The zero-order valence-corrected chi connectivity index (χ0v) is 64.3. The first-order chi connectivity index (χ1) is 55.5. The van der Waals surface area contributed by atoms with Crippen LogP contribution in [0.4, 0.5) is 23.3 Å². The Labute approximate surface area is 654 Å². The Hall–Kier alpha value is -14.0. The number of carbonyl (C=O) groups excluding carboxylic acids is 4. The molecule has 34 nitrogen and oxygen atoms in total. The van der Waals surface area contributed by atoms with Gasteiger partial charge in [0.25, 0.3) is 0 Å². The van der Waals surface area contributed by atoms with Gasteiger partial charge in [0.1, 0.15) is 23.3 Å². The van der Waals surface area contributed by atoms with Crippen LogP contribution in [0.3, 0.4) is 0 Å². The number of imidazole rings is 4. The van der Waals surface area contributed by atoms with Crippen LogP contribution in [0, 0.1) is 30.6 Å². The van der Waals surface area contributed by atoms with Gasteiger partial charge in [0.05, 0.1) is 75.4 Å². The molecule has 34 heteroatoms. The fraction of sp³-hybridized carbons (Fsp3) is 0.321. The van der Waals surface area contributed by atoms with E-state index in [1.807, 2.05) is 178 Å². The minimum atomic E-state index is -0.539. The zero-order valence-electron chi connectivity index (χ0n) is 64.3. The van der Waals surface area contributed by atoms with E-state index in [1.54, 1.807) is 47.5 Å². The first kappa shape index (κ1) is 71.4. The van der Waals surface area contributed by atoms with Gasteiger partial charge in [0.2, 0.25) is 23.6 Å². The van der Waals surface area contributed by atoms with Gasteiger partial charge < -0.3 is 21.3 Å². The van der Waals surface area contributed by atoms with Crippen molar-refractivity contribution in [3.63, 3.8) is 0 Å². The number of anilines is 4. The second-order valence-corrected chi connectivity index (χ2v) is 32.0. The predicted octanol–water partition coefficient (Wildman–Crippen LogP) is 10.2. The third kappa shape index (κ3) is 13.8. The second kappa shape index (κ2) is 27.5. The first-order valence-corrected chi connectivity index (χ1v) is 38.5. The van der Waals surface area contributed by atoms with Gasteiger partial charge in [0, 0.05) is 72.8 Å². The molecule has 17 aromatic heterocycles. The fourth-order valence-electron chi connectivity index (χ4n) is 14.3. The van der Waals surface area contributed by atoms with E-state index < -0.39 is 16.2 Å². The molecule has 0 spiro atoms. The zero-order chi connectivity index (χ0) is 78.8. The molecule has 0 radical (unpaired) electrons. The van der Waals surface area contributed by atoms with Gasteiger partial charge in [0.15, 0.2) is 68.4 Å². The highest BCUT2D eigenvalue weighted by molar-refractivity contribution is 5.95. The molecule has 115 heavy (non-hydrogen) atoms. The molecule has 4 amide bonds. The topological polar surface area (TPSA) is 376 Å². The summed E-state index contributed by atoms with van der Waals surface area (Å²) in [6.07, 6.45) is 28.5. The molecule has 5 fully saturated rings. The van der Waals surface area contributed by atoms with Crippen LogP contribution in [0.2, 0.25) is 0 Å². The van der Waals surface area contributed by atoms with Crippen molar-refractivity contribution >= 4 is 92.1 Å². The maximum Gasteiger partial charge on any atom is 0.228 e. The number of amides is 4. The van der Waals surface area contributed by atoms with Gasteiger partial charge in [-0.25, -0.2) is 38.0 Å².